The SMILES string of the molecule is CCCC(C)NC(=O)CN1CC(O)(CCC)C1. The van der Waals surface area contributed by atoms with Crippen LogP contribution in [0.2, 0.25) is 0 Å². The lowest BCUT2D eigenvalue weighted by molar-refractivity contribution is -0.134. The first kappa shape index (κ1) is 14.5. The molecule has 1 saturated heterocycles. The quantitative estimate of drug-likeness (QED) is 0.704. The van der Waals surface area contributed by atoms with E-state index in [1.807, 2.05) is 11.8 Å². The van der Waals surface area contributed by atoms with Crippen molar-refractivity contribution >= 4 is 5.91 Å². The van der Waals surface area contributed by atoms with Crippen LogP contribution in [0.15, 0.2) is 0 Å². The molecule has 1 aliphatic rings. The number of hydrogen-bond donors (Lipinski definition) is 2. The van der Waals surface area contributed by atoms with Gasteiger partial charge in [0.05, 0.1) is 12.1 Å². The number of carbonyl (C=O) groups is 1. The molecular formula is C13H26N2O2. The molecule has 1 amide bonds. The summed E-state index contributed by atoms with van der Waals surface area (Å²) < 4.78 is 0. The van der Waals surface area contributed by atoms with E-state index in [4.69, 9.17) is 0 Å². The molecule has 0 aromatic carbocycles. The molecule has 1 heterocycles. The van der Waals surface area contributed by atoms with Gasteiger partial charge in [-0.05, 0) is 19.8 Å². The maximum absolute atomic E-state index is 11.7. The van der Waals surface area contributed by atoms with E-state index in [9.17, 15) is 9.90 Å². The second-order valence-electron chi connectivity index (χ2n) is 5.38. The summed E-state index contributed by atoms with van der Waals surface area (Å²) in [4.78, 5) is 13.7. The molecule has 1 rings (SSSR count). The smallest absolute Gasteiger partial charge is 0.234 e. The Kier molecular flexibility index (Phi) is 5.40. The van der Waals surface area contributed by atoms with Crippen molar-refractivity contribution in [3.63, 3.8) is 0 Å². The van der Waals surface area contributed by atoms with Gasteiger partial charge in [0.25, 0.3) is 0 Å². The molecule has 2 N–H and O–H groups in total. The number of amides is 1. The van der Waals surface area contributed by atoms with Crippen LogP contribution in [-0.2, 0) is 4.79 Å². The van der Waals surface area contributed by atoms with E-state index in [2.05, 4.69) is 19.2 Å². The first-order chi connectivity index (χ1) is 7.99. The van der Waals surface area contributed by atoms with Crippen LogP contribution < -0.4 is 5.32 Å². The Morgan fingerprint density at radius 1 is 1.41 bits per heavy atom. The van der Waals surface area contributed by atoms with Crippen LogP contribution in [0.3, 0.4) is 0 Å². The number of aliphatic hydroxyl groups is 1. The van der Waals surface area contributed by atoms with Crippen LogP contribution in [0.25, 0.3) is 0 Å². The molecule has 1 unspecified atom stereocenters. The molecule has 0 aromatic heterocycles. The molecule has 0 saturated carbocycles. The Hall–Kier alpha value is -0.610. The first-order valence-corrected chi connectivity index (χ1v) is 6.73. The zero-order chi connectivity index (χ0) is 12.9. The molecule has 0 bridgehead atoms. The van der Waals surface area contributed by atoms with Crippen LogP contribution in [-0.4, -0.2) is 47.2 Å². The Morgan fingerprint density at radius 2 is 2.06 bits per heavy atom. The number of likely N-dealkylation sites (tertiary alicyclic amines) is 1. The number of carbonyl (C=O) groups excluding carboxylic acids is 1. The third-order valence-electron chi connectivity index (χ3n) is 3.25. The minimum Gasteiger partial charge on any atom is -0.387 e. The lowest BCUT2D eigenvalue weighted by Gasteiger charge is -2.46. The van der Waals surface area contributed by atoms with E-state index in [1.54, 1.807) is 0 Å². The largest absolute Gasteiger partial charge is 0.387 e. The van der Waals surface area contributed by atoms with Crippen molar-refractivity contribution in [2.24, 2.45) is 0 Å². The molecule has 0 radical (unpaired) electrons. The normalized spacial score (nSPS) is 20.7. The lowest BCUT2D eigenvalue weighted by atomic mass is 9.89. The highest BCUT2D eigenvalue weighted by molar-refractivity contribution is 5.78. The molecule has 0 spiro atoms. The van der Waals surface area contributed by atoms with Gasteiger partial charge in [-0.3, -0.25) is 9.69 Å². The molecular weight excluding hydrogens is 216 g/mol. The number of nitrogens with one attached hydrogen (secondary N) is 1. The van der Waals surface area contributed by atoms with Crippen molar-refractivity contribution in [2.75, 3.05) is 19.6 Å². The lowest BCUT2D eigenvalue weighted by Crippen LogP contribution is -2.63. The molecule has 100 valence electrons. The maximum atomic E-state index is 11.7. The second kappa shape index (κ2) is 6.36. The summed E-state index contributed by atoms with van der Waals surface area (Å²) in [5.74, 6) is 0.0736. The van der Waals surface area contributed by atoms with E-state index >= 15 is 0 Å². The summed E-state index contributed by atoms with van der Waals surface area (Å²) >= 11 is 0. The van der Waals surface area contributed by atoms with Crippen molar-refractivity contribution in [1.82, 2.24) is 10.2 Å². The van der Waals surface area contributed by atoms with Gasteiger partial charge in [0.1, 0.15) is 0 Å². The third kappa shape index (κ3) is 4.64. The van der Waals surface area contributed by atoms with E-state index in [1.165, 1.54) is 0 Å². The monoisotopic (exact) mass is 242 g/mol. The van der Waals surface area contributed by atoms with E-state index in [0.717, 1.165) is 25.7 Å². The Labute approximate surface area is 104 Å². The summed E-state index contributed by atoms with van der Waals surface area (Å²) in [6, 6.07) is 0.253. The molecule has 4 nitrogen and oxygen atoms in total. The van der Waals surface area contributed by atoms with Gasteiger partial charge in [0, 0.05) is 19.1 Å². The van der Waals surface area contributed by atoms with Gasteiger partial charge in [0.2, 0.25) is 5.91 Å². The molecule has 0 aromatic rings. The van der Waals surface area contributed by atoms with Crippen LogP contribution >= 0.6 is 0 Å². The highest BCUT2D eigenvalue weighted by atomic mass is 16.3. The average Bonchev–Trinajstić information content (AvgIpc) is 2.15. The summed E-state index contributed by atoms with van der Waals surface area (Å²) in [6.45, 7) is 7.90. The van der Waals surface area contributed by atoms with Crippen LogP contribution in [0.1, 0.15) is 46.5 Å². The van der Waals surface area contributed by atoms with Gasteiger partial charge in [-0.1, -0.05) is 26.7 Å². The summed E-state index contributed by atoms with van der Waals surface area (Å²) in [7, 11) is 0. The first-order valence-electron chi connectivity index (χ1n) is 6.73. The molecule has 4 heteroatoms. The highest BCUT2D eigenvalue weighted by Crippen LogP contribution is 2.25. The summed E-state index contributed by atoms with van der Waals surface area (Å²) in [5, 5.41) is 13.0. The van der Waals surface area contributed by atoms with Gasteiger partial charge >= 0.3 is 0 Å². The highest BCUT2D eigenvalue weighted by Gasteiger charge is 2.40. The van der Waals surface area contributed by atoms with Crippen LogP contribution in [0.4, 0.5) is 0 Å². The zero-order valence-electron chi connectivity index (χ0n) is 11.3. The molecule has 1 atom stereocenters. The van der Waals surface area contributed by atoms with Gasteiger partial charge < -0.3 is 10.4 Å². The van der Waals surface area contributed by atoms with Gasteiger partial charge in [-0.15, -0.1) is 0 Å². The topological polar surface area (TPSA) is 52.6 Å². The van der Waals surface area contributed by atoms with Crippen LogP contribution in [0.5, 0.6) is 0 Å². The predicted octanol–water partition coefficient (Wildman–Crippen LogP) is 1.14. The van der Waals surface area contributed by atoms with Crippen molar-refractivity contribution in [1.29, 1.82) is 0 Å². The Morgan fingerprint density at radius 3 is 2.59 bits per heavy atom. The molecule has 1 aliphatic heterocycles. The fourth-order valence-corrected chi connectivity index (χ4v) is 2.55. The average molecular weight is 242 g/mol. The number of rotatable bonds is 7. The zero-order valence-corrected chi connectivity index (χ0v) is 11.3. The van der Waals surface area contributed by atoms with E-state index in [0.29, 0.717) is 19.6 Å². The van der Waals surface area contributed by atoms with E-state index in [-0.39, 0.29) is 11.9 Å². The maximum Gasteiger partial charge on any atom is 0.234 e. The molecule has 17 heavy (non-hydrogen) atoms. The molecule has 1 fully saturated rings. The third-order valence-corrected chi connectivity index (χ3v) is 3.25. The predicted molar refractivity (Wildman–Crippen MR) is 68.8 cm³/mol. The summed E-state index contributed by atoms with van der Waals surface area (Å²) in [5.41, 5.74) is -0.538. The second-order valence-corrected chi connectivity index (χ2v) is 5.38. The van der Waals surface area contributed by atoms with Gasteiger partial charge in [-0.25, -0.2) is 0 Å². The minimum atomic E-state index is -0.538. The van der Waals surface area contributed by atoms with Gasteiger partial charge in [0.15, 0.2) is 0 Å². The van der Waals surface area contributed by atoms with Gasteiger partial charge in [-0.2, -0.15) is 0 Å². The van der Waals surface area contributed by atoms with Crippen molar-refractivity contribution in [2.45, 2.75) is 58.1 Å². The Bertz CT molecular complexity index is 250. The number of hydrogen-bond acceptors (Lipinski definition) is 3. The van der Waals surface area contributed by atoms with Crippen LogP contribution in [0, 0.1) is 0 Å². The fourth-order valence-electron chi connectivity index (χ4n) is 2.55. The Balaban J connectivity index is 2.17. The number of nitrogens with zero attached hydrogens (tertiary/aromatic N) is 1. The molecule has 0 aliphatic carbocycles. The van der Waals surface area contributed by atoms with Crippen molar-refractivity contribution in [3.05, 3.63) is 0 Å². The van der Waals surface area contributed by atoms with Crippen molar-refractivity contribution < 1.29 is 9.90 Å². The minimum absolute atomic E-state index is 0.0736. The fraction of sp³-hybridized carbons (Fsp3) is 0.923. The standard InChI is InChI=1S/C13H26N2O2/c1-4-6-11(3)14-12(16)8-15-9-13(17,10-15)7-5-2/h11,17H,4-10H2,1-3H3,(H,14,16). The van der Waals surface area contributed by atoms with E-state index < -0.39 is 5.60 Å². The van der Waals surface area contributed by atoms with Crippen molar-refractivity contribution in [3.8, 4) is 0 Å². The number of β-amino-alcohol motifs (C(OH)–C–C–N with tert-alkyl or cyclic N) is 1. The summed E-state index contributed by atoms with van der Waals surface area (Å²) in [6.07, 6.45) is 3.92.